The Morgan fingerprint density at radius 3 is 2.61 bits per heavy atom. The summed E-state index contributed by atoms with van der Waals surface area (Å²) in [6.45, 7) is 6.30. The van der Waals surface area contributed by atoms with Crippen molar-refractivity contribution in [2.45, 2.75) is 27.3 Å². The minimum Gasteiger partial charge on any atom is -0.478 e. The van der Waals surface area contributed by atoms with E-state index < -0.39 is 4.92 Å². The van der Waals surface area contributed by atoms with Gasteiger partial charge in [0.1, 0.15) is 0 Å². The number of hydrogen-bond donors (Lipinski definition) is 0. The predicted molar refractivity (Wildman–Crippen MR) is 87.5 cm³/mol. The first-order valence-electron chi connectivity index (χ1n) is 7.11. The molecule has 1 aromatic heterocycles. The lowest BCUT2D eigenvalue weighted by atomic mass is 10.1. The highest BCUT2D eigenvalue weighted by atomic mass is 35.5. The molecule has 0 N–H and O–H groups in total. The van der Waals surface area contributed by atoms with Crippen molar-refractivity contribution in [2.24, 2.45) is 0 Å². The van der Waals surface area contributed by atoms with Crippen molar-refractivity contribution >= 4 is 23.1 Å². The zero-order valence-corrected chi connectivity index (χ0v) is 13.9. The Kier molecular flexibility index (Phi) is 5.05. The van der Waals surface area contributed by atoms with Gasteiger partial charge in [-0.15, -0.1) is 0 Å². The molecule has 0 amide bonds. The molecule has 7 heteroatoms. The SMILES string of the molecule is CCn1c(C)cc(C(=O)COc2ccc(Cl)cc2[N+](=O)[O-])c1C. The number of aryl methyl sites for hydroxylation is 1. The van der Waals surface area contributed by atoms with Crippen LogP contribution in [0.1, 0.15) is 28.7 Å². The average molecular weight is 337 g/mol. The van der Waals surface area contributed by atoms with Crippen LogP contribution >= 0.6 is 11.6 Å². The number of nitro benzene ring substituents is 1. The fourth-order valence-electron chi connectivity index (χ4n) is 2.55. The highest BCUT2D eigenvalue weighted by Crippen LogP contribution is 2.30. The molecule has 0 unspecified atom stereocenters. The van der Waals surface area contributed by atoms with E-state index in [4.69, 9.17) is 16.3 Å². The zero-order valence-electron chi connectivity index (χ0n) is 13.1. The zero-order chi connectivity index (χ0) is 17.1. The van der Waals surface area contributed by atoms with Crippen LogP contribution in [0.3, 0.4) is 0 Å². The minimum absolute atomic E-state index is 0.0250. The van der Waals surface area contributed by atoms with Gasteiger partial charge in [-0.05, 0) is 39.0 Å². The lowest BCUT2D eigenvalue weighted by Gasteiger charge is -2.07. The molecule has 0 saturated carbocycles. The third-order valence-electron chi connectivity index (χ3n) is 3.67. The Morgan fingerprint density at radius 1 is 1.35 bits per heavy atom. The molecule has 0 aliphatic rings. The van der Waals surface area contributed by atoms with Gasteiger partial charge in [0.15, 0.2) is 12.4 Å². The fraction of sp³-hybridized carbons (Fsp3) is 0.312. The molecule has 1 heterocycles. The smallest absolute Gasteiger partial charge is 0.312 e. The Labute approximate surface area is 138 Å². The molecule has 122 valence electrons. The number of carbonyl (C=O) groups excluding carboxylic acids is 1. The summed E-state index contributed by atoms with van der Waals surface area (Å²) in [4.78, 5) is 22.8. The van der Waals surface area contributed by atoms with Gasteiger partial charge in [0, 0.05) is 34.6 Å². The van der Waals surface area contributed by atoms with E-state index in [1.807, 2.05) is 25.3 Å². The number of nitro groups is 1. The number of ether oxygens (including phenoxy) is 1. The van der Waals surface area contributed by atoms with E-state index in [0.29, 0.717) is 5.56 Å². The quantitative estimate of drug-likeness (QED) is 0.455. The van der Waals surface area contributed by atoms with Crippen LogP contribution in [0.5, 0.6) is 5.75 Å². The first kappa shape index (κ1) is 17.0. The summed E-state index contributed by atoms with van der Waals surface area (Å²) in [6, 6.07) is 5.88. The topological polar surface area (TPSA) is 74.4 Å². The number of ketones is 1. The average Bonchev–Trinajstić information content (AvgIpc) is 2.79. The highest BCUT2D eigenvalue weighted by Gasteiger charge is 2.19. The van der Waals surface area contributed by atoms with E-state index in [1.54, 1.807) is 6.07 Å². The molecule has 0 bridgehead atoms. The second-order valence-corrected chi connectivity index (χ2v) is 5.55. The van der Waals surface area contributed by atoms with Crippen LogP contribution in [0.25, 0.3) is 0 Å². The van der Waals surface area contributed by atoms with Gasteiger partial charge < -0.3 is 9.30 Å². The summed E-state index contributed by atoms with van der Waals surface area (Å²) in [5.74, 6) is -0.195. The monoisotopic (exact) mass is 336 g/mol. The molecule has 2 rings (SSSR count). The van der Waals surface area contributed by atoms with Crippen molar-refractivity contribution in [3.05, 3.63) is 56.4 Å². The van der Waals surface area contributed by atoms with Gasteiger partial charge in [0.25, 0.3) is 0 Å². The van der Waals surface area contributed by atoms with E-state index in [2.05, 4.69) is 0 Å². The Balaban J connectivity index is 2.19. The maximum Gasteiger partial charge on any atom is 0.312 e. The summed E-state index contributed by atoms with van der Waals surface area (Å²) in [5.41, 5.74) is 2.17. The lowest BCUT2D eigenvalue weighted by molar-refractivity contribution is -0.385. The highest BCUT2D eigenvalue weighted by molar-refractivity contribution is 6.30. The van der Waals surface area contributed by atoms with Crippen LogP contribution < -0.4 is 4.74 Å². The van der Waals surface area contributed by atoms with E-state index >= 15 is 0 Å². The van der Waals surface area contributed by atoms with E-state index in [-0.39, 0.29) is 28.8 Å². The van der Waals surface area contributed by atoms with E-state index in [1.165, 1.54) is 18.2 Å². The Morgan fingerprint density at radius 2 is 2.04 bits per heavy atom. The standard InChI is InChI=1S/C16H17ClN2O4/c1-4-18-10(2)7-13(11(18)3)15(20)9-23-16-6-5-12(17)8-14(16)19(21)22/h5-8H,4,9H2,1-3H3. The van der Waals surface area contributed by atoms with Crippen LogP contribution in [-0.4, -0.2) is 21.9 Å². The van der Waals surface area contributed by atoms with Gasteiger partial charge in [-0.3, -0.25) is 14.9 Å². The summed E-state index contributed by atoms with van der Waals surface area (Å²) in [5, 5.41) is 11.2. The molecule has 0 atom stereocenters. The summed E-state index contributed by atoms with van der Waals surface area (Å²) >= 11 is 5.75. The maximum absolute atomic E-state index is 12.3. The van der Waals surface area contributed by atoms with Crippen LogP contribution in [0.2, 0.25) is 5.02 Å². The number of nitrogens with zero attached hydrogens (tertiary/aromatic N) is 2. The molecule has 0 fully saturated rings. The molecule has 23 heavy (non-hydrogen) atoms. The van der Waals surface area contributed by atoms with Gasteiger partial charge in [0.2, 0.25) is 5.78 Å². The van der Waals surface area contributed by atoms with Gasteiger partial charge in [-0.2, -0.15) is 0 Å². The molecule has 1 aromatic carbocycles. The second kappa shape index (κ2) is 6.83. The molecule has 2 aromatic rings. The predicted octanol–water partition coefficient (Wildman–Crippen LogP) is 3.95. The first-order valence-corrected chi connectivity index (χ1v) is 7.49. The molecule has 6 nitrogen and oxygen atoms in total. The Bertz CT molecular complexity index is 768. The number of aromatic nitrogens is 1. The van der Waals surface area contributed by atoms with Crippen LogP contribution in [-0.2, 0) is 6.54 Å². The molecular weight excluding hydrogens is 320 g/mol. The molecule has 0 aliphatic heterocycles. The molecular formula is C16H17ClN2O4. The lowest BCUT2D eigenvalue weighted by Crippen LogP contribution is -2.13. The number of carbonyl (C=O) groups is 1. The van der Waals surface area contributed by atoms with Crippen molar-refractivity contribution in [1.29, 1.82) is 0 Å². The third-order valence-corrected chi connectivity index (χ3v) is 3.90. The van der Waals surface area contributed by atoms with Gasteiger partial charge >= 0.3 is 5.69 Å². The van der Waals surface area contributed by atoms with Crippen LogP contribution in [0.15, 0.2) is 24.3 Å². The number of rotatable bonds is 6. The number of halogens is 1. The second-order valence-electron chi connectivity index (χ2n) is 5.11. The number of hydrogen-bond acceptors (Lipinski definition) is 4. The minimum atomic E-state index is -0.589. The van der Waals surface area contributed by atoms with Crippen molar-refractivity contribution in [3.63, 3.8) is 0 Å². The molecule has 0 saturated heterocycles. The number of benzene rings is 1. The van der Waals surface area contributed by atoms with Gasteiger partial charge in [-0.1, -0.05) is 11.6 Å². The van der Waals surface area contributed by atoms with Crippen molar-refractivity contribution < 1.29 is 14.5 Å². The molecule has 0 aliphatic carbocycles. The number of Topliss-reactive ketones (excluding diaryl/α,β-unsaturated/α-hetero) is 1. The summed E-state index contributed by atoms with van der Waals surface area (Å²) in [7, 11) is 0. The van der Waals surface area contributed by atoms with Crippen molar-refractivity contribution in [1.82, 2.24) is 4.57 Å². The van der Waals surface area contributed by atoms with Gasteiger partial charge in [0.05, 0.1) is 4.92 Å². The van der Waals surface area contributed by atoms with Gasteiger partial charge in [-0.25, -0.2) is 0 Å². The largest absolute Gasteiger partial charge is 0.478 e. The van der Waals surface area contributed by atoms with Crippen molar-refractivity contribution in [2.75, 3.05) is 6.61 Å². The van der Waals surface area contributed by atoms with Crippen molar-refractivity contribution in [3.8, 4) is 5.75 Å². The molecule has 0 radical (unpaired) electrons. The van der Waals surface area contributed by atoms with Crippen LogP contribution in [0, 0.1) is 24.0 Å². The van der Waals surface area contributed by atoms with E-state index in [0.717, 1.165) is 17.9 Å². The Hall–Kier alpha value is -2.34. The van der Waals surface area contributed by atoms with E-state index in [9.17, 15) is 14.9 Å². The maximum atomic E-state index is 12.3. The third kappa shape index (κ3) is 3.53. The summed E-state index contributed by atoms with van der Waals surface area (Å²) in [6.07, 6.45) is 0. The fourth-order valence-corrected chi connectivity index (χ4v) is 2.71. The van der Waals surface area contributed by atoms with Crippen LogP contribution in [0.4, 0.5) is 5.69 Å². The molecule has 0 spiro atoms. The first-order chi connectivity index (χ1) is 10.8. The normalized spacial score (nSPS) is 10.6. The summed E-state index contributed by atoms with van der Waals surface area (Å²) < 4.78 is 7.37.